The van der Waals surface area contributed by atoms with Crippen molar-refractivity contribution < 1.29 is 19.1 Å². The summed E-state index contributed by atoms with van der Waals surface area (Å²) in [7, 11) is 1.54. The molecule has 34 heavy (non-hydrogen) atoms. The maximum atomic E-state index is 12.8. The maximum absolute atomic E-state index is 12.8. The van der Waals surface area contributed by atoms with Crippen molar-refractivity contribution in [2.75, 3.05) is 19.0 Å². The topological polar surface area (TPSA) is 95.6 Å². The van der Waals surface area contributed by atoms with Crippen molar-refractivity contribution in [1.82, 2.24) is 4.57 Å². The van der Waals surface area contributed by atoms with Crippen LogP contribution in [-0.4, -0.2) is 30.1 Å². The smallest absolute Gasteiger partial charge is 0.255 e. The molecule has 1 aromatic heterocycles. The van der Waals surface area contributed by atoms with Crippen LogP contribution in [0.2, 0.25) is 0 Å². The number of amides is 2. The average molecular weight is 456 g/mol. The highest BCUT2D eigenvalue weighted by Crippen LogP contribution is 2.42. The van der Waals surface area contributed by atoms with Crippen LogP contribution < -0.4 is 20.5 Å². The third-order valence-electron chi connectivity index (χ3n) is 6.13. The normalized spacial score (nSPS) is 15.0. The van der Waals surface area contributed by atoms with E-state index in [1.54, 1.807) is 13.2 Å². The van der Waals surface area contributed by atoms with Gasteiger partial charge < -0.3 is 25.1 Å². The number of primary amides is 1. The van der Waals surface area contributed by atoms with Gasteiger partial charge in [0.1, 0.15) is 0 Å². The first-order valence-corrected chi connectivity index (χ1v) is 11.1. The third-order valence-corrected chi connectivity index (χ3v) is 6.13. The van der Waals surface area contributed by atoms with Crippen LogP contribution in [0.4, 0.5) is 5.69 Å². The number of aromatic nitrogens is 1. The van der Waals surface area contributed by atoms with Crippen molar-refractivity contribution >= 4 is 28.4 Å². The monoisotopic (exact) mass is 455 g/mol. The molecule has 1 unspecified atom stereocenters. The molecule has 4 aromatic rings. The molecule has 3 N–H and O–H groups in total. The third kappa shape index (κ3) is 4.08. The molecule has 0 radical (unpaired) electrons. The summed E-state index contributed by atoms with van der Waals surface area (Å²) >= 11 is 0. The number of methoxy groups -OCH3 is 1. The van der Waals surface area contributed by atoms with Crippen LogP contribution in [0.3, 0.4) is 0 Å². The fourth-order valence-corrected chi connectivity index (χ4v) is 4.63. The second-order valence-electron chi connectivity index (χ2n) is 8.37. The number of ether oxygens (including phenoxy) is 2. The summed E-state index contributed by atoms with van der Waals surface area (Å²) in [5.41, 5.74) is 10.3. The van der Waals surface area contributed by atoms with Crippen molar-refractivity contribution in [3.63, 3.8) is 0 Å². The lowest BCUT2D eigenvalue weighted by Gasteiger charge is -2.17. The van der Waals surface area contributed by atoms with E-state index < -0.39 is 5.91 Å². The Morgan fingerprint density at radius 3 is 2.68 bits per heavy atom. The minimum atomic E-state index is -0.565. The van der Waals surface area contributed by atoms with Gasteiger partial charge in [0.2, 0.25) is 5.91 Å². The van der Waals surface area contributed by atoms with E-state index in [-0.39, 0.29) is 18.4 Å². The number of carbonyl (C=O) groups is 2. The van der Waals surface area contributed by atoms with E-state index in [0.717, 1.165) is 34.3 Å². The van der Waals surface area contributed by atoms with Crippen LogP contribution in [0.5, 0.6) is 11.5 Å². The van der Waals surface area contributed by atoms with E-state index in [1.165, 1.54) is 5.56 Å². The quantitative estimate of drug-likeness (QED) is 0.440. The van der Waals surface area contributed by atoms with Crippen molar-refractivity contribution in [3.8, 4) is 11.5 Å². The van der Waals surface area contributed by atoms with Crippen molar-refractivity contribution in [2.24, 2.45) is 5.73 Å². The lowest BCUT2D eigenvalue weighted by molar-refractivity contribution is -0.120. The maximum Gasteiger partial charge on any atom is 0.255 e. The Labute approximate surface area is 197 Å². The van der Waals surface area contributed by atoms with Gasteiger partial charge in [-0.15, -0.1) is 0 Å². The molecule has 1 aliphatic heterocycles. The largest absolute Gasteiger partial charge is 0.493 e. The molecular weight excluding hydrogens is 430 g/mol. The number of nitrogens with one attached hydrogen (secondary N) is 1. The molecule has 0 saturated carbocycles. The van der Waals surface area contributed by atoms with Gasteiger partial charge in [-0.3, -0.25) is 9.59 Å². The SMILES string of the molecule is COc1cc(C2CC(=O)Nc3cccc4c3c2cn4Cc2ccccc2)ccc1OCC(N)=O. The van der Waals surface area contributed by atoms with Gasteiger partial charge in [0.05, 0.1) is 18.3 Å². The Hall–Kier alpha value is -4.26. The highest BCUT2D eigenvalue weighted by molar-refractivity contribution is 6.06. The lowest BCUT2D eigenvalue weighted by atomic mass is 9.88. The Morgan fingerprint density at radius 2 is 1.91 bits per heavy atom. The molecule has 172 valence electrons. The number of anilines is 1. The van der Waals surface area contributed by atoms with E-state index in [0.29, 0.717) is 17.9 Å². The molecule has 0 fully saturated rings. The molecule has 3 aromatic carbocycles. The zero-order valence-electron chi connectivity index (χ0n) is 18.8. The zero-order valence-corrected chi connectivity index (χ0v) is 18.8. The number of nitrogens with two attached hydrogens (primary N) is 1. The first-order chi connectivity index (χ1) is 16.5. The van der Waals surface area contributed by atoms with E-state index in [1.807, 2.05) is 42.5 Å². The minimum Gasteiger partial charge on any atom is -0.493 e. The van der Waals surface area contributed by atoms with Gasteiger partial charge in [-0.2, -0.15) is 0 Å². The molecule has 7 heteroatoms. The molecule has 2 heterocycles. The Kier molecular flexibility index (Phi) is 5.67. The molecular formula is C27H25N3O4. The average Bonchev–Trinajstić information content (AvgIpc) is 3.13. The summed E-state index contributed by atoms with van der Waals surface area (Å²) in [4.78, 5) is 23.9. The van der Waals surface area contributed by atoms with Crippen molar-refractivity contribution in [3.05, 3.63) is 89.6 Å². The number of hydrogen-bond donors (Lipinski definition) is 2. The van der Waals surface area contributed by atoms with Crippen LogP contribution in [-0.2, 0) is 16.1 Å². The molecule has 5 rings (SSSR count). The number of nitrogens with zero attached hydrogens (tertiary/aromatic N) is 1. The summed E-state index contributed by atoms with van der Waals surface area (Å²) in [5, 5.41) is 4.12. The van der Waals surface area contributed by atoms with Gasteiger partial charge in [-0.25, -0.2) is 0 Å². The van der Waals surface area contributed by atoms with E-state index >= 15 is 0 Å². The molecule has 2 amide bonds. The first-order valence-electron chi connectivity index (χ1n) is 11.1. The van der Waals surface area contributed by atoms with Gasteiger partial charge in [-0.05, 0) is 41.0 Å². The van der Waals surface area contributed by atoms with E-state index in [2.05, 4.69) is 34.3 Å². The van der Waals surface area contributed by atoms with E-state index in [4.69, 9.17) is 15.2 Å². The van der Waals surface area contributed by atoms with Gasteiger partial charge in [0.25, 0.3) is 5.91 Å². The second kappa shape index (κ2) is 8.94. The van der Waals surface area contributed by atoms with Crippen LogP contribution >= 0.6 is 0 Å². The molecule has 7 nitrogen and oxygen atoms in total. The van der Waals surface area contributed by atoms with Crippen LogP contribution in [0.25, 0.3) is 10.9 Å². The minimum absolute atomic E-state index is 0.0451. The Morgan fingerprint density at radius 1 is 1.09 bits per heavy atom. The Bertz CT molecular complexity index is 1380. The molecule has 0 bridgehead atoms. The predicted octanol–water partition coefficient (Wildman–Crippen LogP) is 4.04. The number of hydrogen-bond acceptors (Lipinski definition) is 4. The van der Waals surface area contributed by atoms with Gasteiger partial charge >= 0.3 is 0 Å². The summed E-state index contributed by atoms with van der Waals surface area (Å²) in [6.45, 7) is 0.489. The zero-order chi connectivity index (χ0) is 23.7. The fraction of sp³-hybridized carbons (Fsp3) is 0.185. The van der Waals surface area contributed by atoms with Crippen molar-refractivity contribution in [1.29, 1.82) is 0 Å². The van der Waals surface area contributed by atoms with Crippen LogP contribution in [0, 0.1) is 0 Å². The summed E-state index contributed by atoms with van der Waals surface area (Å²) < 4.78 is 13.2. The molecule has 1 atom stereocenters. The molecule has 0 saturated heterocycles. The molecule has 1 aliphatic rings. The van der Waals surface area contributed by atoms with Crippen LogP contribution in [0.15, 0.2) is 72.9 Å². The van der Waals surface area contributed by atoms with Crippen molar-refractivity contribution in [2.45, 2.75) is 18.9 Å². The number of carbonyl (C=O) groups excluding carboxylic acids is 2. The number of benzene rings is 3. The summed E-state index contributed by atoms with van der Waals surface area (Å²) in [5.74, 6) is 0.121. The second-order valence-corrected chi connectivity index (χ2v) is 8.37. The fourth-order valence-electron chi connectivity index (χ4n) is 4.63. The highest BCUT2D eigenvalue weighted by atomic mass is 16.5. The first kappa shape index (κ1) is 21.6. The lowest BCUT2D eigenvalue weighted by Crippen LogP contribution is -2.20. The van der Waals surface area contributed by atoms with E-state index in [9.17, 15) is 9.59 Å². The van der Waals surface area contributed by atoms with Gasteiger partial charge in [-0.1, -0.05) is 42.5 Å². The van der Waals surface area contributed by atoms with Gasteiger partial charge in [0, 0.05) is 30.5 Å². The summed E-state index contributed by atoms with van der Waals surface area (Å²) in [6.07, 6.45) is 2.44. The molecule has 0 spiro atoms. The van der Waals surface area contributed by atoms with Crippen LogP contribution in [0.1, 0.15) is 29.0 Å². The summed E-state index contributed by atoms with van der Waals surface area (Å²) in [6, 6.07) is 21.8. The molecule has 0 aliphatic carbocycles. The number of rotatable bonds is 7. The van der Waals surface area contributed by atoms with Gasteiger partial charge in [0.15, 0.2) is 18.1 Å². The standard InChI is InChI=1S/C27H25N3O4/c1-33-24-12-18(10-11-23(24)34-16-25(28)31)19-13-26(32)29-21-8-5-9-22-27(21)20(19)15-30(22)14-17-6-3-2-4-7-17/h2-12,15,19H,13-14,16H2,1H3,(H2,28,31)(H,29,32). The Balaban J connectivity index is 1.60. The predicted molar refractivity (Wildman–Crippen MR) is 130 cm³/mol. The highest BCUT2D eigenvalue weighted by Gasteiger charge is 2.28.